The number of halogens is 4. The summed E-state index contributed by atoms with van der Waals surface area (Å²) in [6, 6.07) is 6.38. The van der Waals surface area contributed by atoms with Gasteiger partial charge in [0.1, 0.15) is 5.75 Å². The molecule has 4 nitrogen and oxygen atoms in total. The van der Waals surface area contributed by atoms with Crippen molar-refractivity contribution in [1.29, 1.82) is 0 Å². The van der Waals surface area contributed by atoms with E-state index in [9.17, 15) is 18.0 Å². The van der Waals surface area contributed by atoms with Crippen molar-refractivity contribution in [2.45, 2.75) is 6.18 Å². The molecule has 8 heteroatoms. The van der Waals surface area contributed by atoms with Crippen LogP contribution >= 0.6 is 11.6 Å². The van der Waals surface area contributed by atoms with Gasteiger partial charge in [-0.3, -0.25) is 9.63 Å². The maximum atomic E-state index is 11.7. The van der Waals surface area contributed by atoms with Crippen LogP contribution in [0.4, 0.5) is 13.2 Å². The third-order valence-electron chi connectivity index (χ3n) is 1.62. The number of benzene rings is 1. The van der Waals surface area contributed by atoms with Crippen molar-refractivity contribution in [2.24, 2.45) is 0 Å². The lowest BCUT2D eigenvalue weighted by Crippen LogP contribution is -2.32. The number of alkyl halides is 3. The third-order valence-corrected chi connectivity index (χ3v) is 1.93. The minimum Gasteiger partial charge on any atom is -0.482 e. The molecule has 1 N–H and O–H groups in total. The number of carbonyl (C=O) groups is 1. The molecule has 0 atom stereocenters. The Balaban J connectivity index is 2.28. The number of carbonyl (C=O) groups excluding carboxylic acids is 1. The topological polar surface area (TPSA) is 47.6 Å². The fourth-order valence-electron chi connectivity index (χ4n) is 0.933. The minimum atomic E-state index is -4.50. The molecule has 0 aliphatic rings. The Morgan fingerprint density at radius 2 is 2.00 bits per heavy atom. The van der Waals surface area contributed by atoms with Gasteiger partial charge in [-0.25, -0.2) is 5.48 Å². The van der Waals surface area contributed by atoms with Crippen LogP contribution in [0, 0.1) is 0 Å². The zero-order valence-electron chi connectivity index (χ0n) is 8.96. The van der Waals surface area contributed by atoms with E-state index >= 15 is 0 Å². The van der Waals surface area contributed by atoms with E-state index in [4.69, 9.17) is 16.3 Å². The van der Waals surface area contributed by atoms with Crippen LogP contribution in [-0.4, -0.2) is 25.3 Å². The van der Waals surface area contributed by atoms with Crippen molar-refractivity contribution < 1.29 is 27.5 Å². The number of ether oxygens (including phenoxy) is 1. The Kier molecular flexibility index (Phi) is 5.24. The first-order valence-corrected chi connectivity index (χ1v) is 5.11. The summed E-state index contributed by atoms with van der Waals surface area (Å²) in [4.78, 5) is 15.0. The molecule has 0 radical (unpaired) electrons. The summed E-state index contributed by atoms with van der Waals surface area (Å²) in [6.07, 6.45) is -4.50. The molecule has 0 spiro atoms. The van der Waals surface area contributed by atoms with E-state index in [-0.39, 0.29) is 5.75 Å². The highest BCUT2D eigenvalue weighted by atomic mass is 35.5. The number of hydroxylamine groups is 1. The smallest absolute Gasteiger partial charge is 0.414 e. The number of hydrogen-bond donors (Lipinski definition) is 1. The van der Waals surface area contributed by atoms with Crippen LogP contribution < -0.4 is 10.2 Å². The highest BCUT2D eigenvalue weighted by Crippen LogP contribution is 2.22. The molecule has 1 aromatic rings. The molecular weight excluding hydrogens is 275 g/mol. The number of nitrogens with one attached hydrogen (secondary N) is 1. The fraction of sp³-hybridized carbons (Fsp3) is 0.300. The van der Waals surface area contributed by atoms with Crippen LogP contribution in [0.3, 0.4) is 0 Å². The van der Waals surface area contributed by atoms with Gasteiger partial charge in [0.05, 0.1) is 5.02 Å². The molecule has 0 fully saturated rings. The average Bonchev–Trinajstić information content (AvgIpc) is 2.26. The zero-order chi connectivity index (χ0) is 13.6. The molecule has 0 unspecified atom stereocenters. The monoisotopic (exact) mass is 283 g/mol. The molecule has 100 valence electrons. The quantitative estimate of drug-likeness (QED) is 0.844. The average molecular weight is 284 g/mol. The second-order valence-electron chi connectivity index (χ2n) is 3.15. The summed E-state index contributed by atoms with van der Waals surface area (Å²) in [6.45, 7) is -2.06. The molecule has 0 heterocycles. The predicted octanol–water partition coefficient (Wildman–Crippen LogP) is 2.33. The first-order valence-electron chi connectivity index (χ1n) is 4.73. The molecule has 18 heavy (non-hydrogen) atoms. The third kappa shape index (κ3) is 5.74. The van der Waals surface area contributed by atoms with Gasteiger partial charge in [-0.2, -0.15) is 13.2 Å². The van der Waals surface area contributed by atoms with Gasteiger partial charge in [-0.15, -0.1) is 0 Å². The summed E-state index contributed by atoms with van der Waals surface area (Å²) in [5, 5.41) is 0.293. The van der Waals surface area contributed by atoms with Crippen molar-refractivity contribution in [3.8, 4) is 5.75 Å². The van der Waals surface area contributed by atoms with E-state index in [0.29, 0.717) is 5.02 Å². The largest absolute Gasteiger partial charge is 0.482 e. The fourth-order valence-corrected chi connectivity index (χ4v) is 1.12. The van der Waals surface area contributed by atoms with E-state index in [1.165, 1.54) is 6.07 Å². The lowest BCUT2D eigenvalue weighted by atomic mass is 10.3. The second kappa shape index (κ2) is 6.46. The van der Waals surface area contributed by atoms with E-state index in [1.54, 1.807) is 23.7 Å². The van der Waals surface area contributed by atoms with Crippen LogP contribution in [0.5, 0.6) is 5.75 Å². The van der Waals surface area contributed by atoms with Crippen molar-refractivity contribution in [3.63, 3.8) is 0 Å². The van der Waals surface area contributed by atoms with Gasteiger partial charge in [0, 0.05) is 0 Å². The molecule has 0 saturated carbocycles. The highest BCUT2D eigenvalue weighted by Gasteiger charge is 2.28. The van der Waals surface area contributed by atoms with E-state index in [0.717, 1.165) is 0 Å². The lowest BCUT2D eigenvalue weighted by Gasteiger charge is -2.09. The first kappa shape index (κ1) is 14.6. The Hall–Kier alpha value is -1.47. The molecule has 0 aromatic heterocycles. The molecule has 0 saturated heterocycles. The summed E-state index contributed by atoms with van der Waals surface area (Å²) in [5.74, 6) is -0.593. The predicted molar refractivity (Wildman–Crippen MR) is 57.1 cm³/mol. The molecule has 0 aliphatic carbocycles. The van der Waals surface area contributed by atoms with Crippen LogP contribution in [0.1, 0.15) is 0 Å². The Labute approximate surface area is 106 Å². The number of rotatable bonds is 5. The van der Waals surface area contributed by atoms with Crippen LogP contribution in [0.2, 0.25) is 5.02 Å². The Bertz CT molecular complexity index is 412. The van der Waals surface area contributed by atoms with Gasteiger partial charge in [0.25, 0.3) is 5.91 Å². The highest BCUT2D eigenvalue weighted by molar-refractivity contribution is 6.32. The van der Waals surface area contributed by atoms with E-state index in [1.807, 2.05) is 0 Å². The van der Waals surface area contributed by atoms with Crippen LogP contribution in [0.25, 0.3) is 0 Å². The molecule has 0 aliphatic heterocycles. The number of amides is 1. The SMILES string of the molecule is O=C(COc1ccccc1Cl)NOCC(F)(F)F. The van der Waals surface area contributed by atoms with Gasteiger partial charge in [-0.1, -0.05) is 23.7 Å². The molecule has 1 rings (SSSR count). The van der Waals surface area contributed by atoms with Crippen molar-refractivity contribution in [3.05, 3.63) is 29.3 Å². The molecule has 1 amide bonds. The van der Waals surface area contributed by atoms with Gasteiger partial charge < -0.3 is 4.74 Å². The van der Waals surface area contributed by atoms with Crippen LogP contribution in [0.15, 0.2) is 24.3 Å². The first-order chi connectivity index (χ1) is 8.38. The summed E-state index contributed by atoms with van der Waals surface area (Å²) >= 11 is 5.74. The van der Waals surface area contributed by atoms with E-state index in [2.05, 4.69) is 4.84 Å². The van der Waals surface area contributed by atoms with Crippen LogP contribution in [-0.2, 0) is 9.63 Å². The zero-order valence-corrected chi connectivity index (χ0v) is 9.72. The van der Waals surface area contributed by atoms with Crippen molar-refractivity contribution in [1.82, 2.24) is 5.48 Å². The molecular formula is C10H9ClF3NO3. The lowest BCUT2D eigenvalue weighted by molar-refractivity contribution is -0.192. The normalized spacial score (nSPS) is 11.1. The maximum absolute atomic E-state index is 11.7. The maximum Gasteiger partial charge on any atom is 0.414 e. The Morgan fingerprint density at radius 3 is 2.61 bits per heavy atom. The summed E-state index contributed by atoms with van der Waals surface area (Å²) < 4.78 is 40.0. The van der Waals surface area contributed by atoms with Crippen molar-refractivity contribution >= 4 is 17.5 Å². The summed E-state index contributed by atoms with van der Waals surface area (Å²) in [5.41, 5.74) is 1.60. The minimum absolute atomic E-state index is 0.255. The number of para-hydroxylation sites is 1. The number of hydrogen-bond acceptors (Lipinski definition) is 3. The van der Waals surface area contributed by atoms with Gasteiger partial charge in [-0.05, 0) is 12.1 Å². The van der Waals surface area contributed by atoms with Gasteiger partial charge in [0.2, 0.25) is 0 Å². The standard InChI is InChI=1S/C10H9ClF3NO3/c11-7-3-1-2-4-8(7)17-5-9(16)15-18-6-10(12,13)14/h1-4H,5-6H2,(H,15,16). The van der Waals surface area contributed by atoms with Gasteiger partial charge in [0.15, 0.2) is 13.2 Å². The summed E-state index contributed by atoms with van der Waals surface area (Å²) in [7, 11) is 0. The van der Waals surface area contributed by atoms with Gasteiger partial charge >= 0.3 is 6.18 Å². The molecule has 0 bridgehead atoms. The molecule has 1 aromatic carbocycles. The van der Waals surface area contributed by atoms with Crippen molar-refractivity contribution in [2.75, 3.05) is 13.2 Å². The Morgan fingerprint density at radius 1 is 1.33 bits per heavy atom. The second-order valence-corrected chi connectivity index (χ2v) is 3.56. The van der Waals surface area contributed by atoms with E-state index < -0.39 is 25.3 Å².